The van der Waals surface area contributed by atoms with Gasteiger partial charge in [0.2, 0.25) is 0 Å². The van der Waals surface area contributed by atoms with Crippen LogP contribution < -0.4 is 0 Å². The first-order valence-electron chi connectivity index (χ1n) is 28.0. The molecule has 0 N–H and O–H groups in total. The molecule has 0 spiro atoms. The summed E-state index contributed by atoms with van der Waals surface area (Å²) >= 11 is 1.88. The molecule has 4 rings (SSSR count). The van der Waals surface area contributed by atoms with Crippen LogP contribution in [0, 0.1) is 0 Å². The smallest absolute Gasteiger partial charge is 0.372 e. The molecule has 4 atom stereocenters. The van der Waals surface area contributed by atoms with Gasteiger partial charge in [-0.15, -0.1) is 0 Å². The summed E-state index contributed by atoms with van der Waals surface area (Å²) in [7, 11) is -3.52. The Bertz CT molecular complexity index is 1720. The van der Waals surface area contributed by atoms with Gasteiger partial charge in [-0.1, -0.05) is 20.8 Å². The highest BCUT2D eigenvalue weighted by molar-refractivity contribution is 7.99. The molecule has 0 aliphatic carbocycles. The van der Waals surface area contributed by atoms with Crippen molar-refractivity contribution in [2.24, 2.45) is 0 Å². The van der Waals surface area contributed by atoms with Crippen LogP contribution in [-0.4, -0.2) is 229 Å². The summed E-state index contributed by atoms with van der Waals surface area (Å²) in [6, 6.07) is 0.404. The molecule has 0 aromatic heterocycles. The Labute approximate surface area is 491 Å². The summed E-state index contributed by atoms with van der Waals surface area (Å²) in [6.45, 7) is 55.1. The lowest BCUT2D eigenvalue weighted by molar-refractivity contribution is -0.410. The van der Waals surface area contributed by atoms with Crippen LogP contribution in [0.15, 0.2) is 0 Å². The SMILES string of the molecule is CC(C)(C)N1CC(F)(F)OC(F)(F)C1.CC(C)(C)N1CCOC(COC(F)F)C1.CC(C)(C)S(C)(=O)=O.CC(C)OCC1CN(C(C)(C)C)CCO1.CC(C)OCC1COCCN1C(C)(C)C.CS(=O)C(C)(C)C.CSC(C)(C)C. The van der Waals surface area contributed by atoms with Crippen LogP contribution in [0.1, 0.15) is 173 Å². The van der Waals surface area contributed by atoms with E-state index in [0.717, 1.165) is 57.5 Å². The monoisotopic (exact) mass is 1230 g/mol. The van der Waals surface area contributed by atoms with E-state index in [4.69, 9.17) is 23.7 Å². The number of morpholine rings is 4. The summed E-state index contributed by atoms with van der Waals surface area (Å²) < 4.78 is 142. The second-order valence-corrected chi connectivity index (χ2v) is 34.4. The van der Waals surface area contributed by atoms with Gasteiger partial charge in [-0.3, -0.25) is 28.5 Å². The van der Waals surface area contributed by atoms with Crippen LogP contribution in [-0.2, 0) is 53.8 Å². The molecule has 4 saturated heterocycles. The third-order valence-electron chi connectivity index (χ3n) is 12.5. The largest absolute Gasteiger partial charge is 0.378 e. The number of thioether (sulfide) groups is 1. The highest BCUT2D eigenvalue weighted by atomic mass is 32.2. The summed E-state index contributed by atoms with van der Waals surface area (Å²) in [5.41, 5.74) is -0.238. The molecule has 4 fully saturated rings. The molecule has 4 heterocycles. The Morgan fingerprint density at radius 3 is 1.21 bits per heavy atom. The quantitative estimate of drug-likeness (QED) is 0.203. The number of ether oxygens (including phenoxy) is 7. The average molecular weight is 1230 g/mol. The minimum Gasteiger partial charge on any atom is -0.378 e. The molecule has 486 valence electrons. The van der Waals surface area contributed by atoms with E-state index >= 15 is 0 Å². The van der Waals surface area contributed by atoms with Crippen molar-refractivity contribution in [1.29, 1.82) is 0 Å². The van der Waals surface area contributed by atoms with Crippen molar-refractivity contribution in [1.82, 2.24) is 19.6 Å². The Hall–Kier alpha value is -0.410. The third-order valence-corrected chi connectivity index (χ3v) is 17.7. The minimum atomic E-state index is -3.78. The zero-order chi connectivity index (χ0) is 63.9. The normalized spacial score (nSPS) is 22.5. The molecule has 80 heavy (non-hydrogen) atoms. The zero-order valence-corrected chi connectivity index (χ0v) is 57.7. The molecule has 23 heteroatoms. The Kier molecular flexibility index (Phi) is 37.7. The maximum atomic E-state index is 12.7. The standard InChI is InChI=1S/2C12H25NO2.C10H19F2NO2.C8H13F4NO.C5H12O2S.C5H12OS.C5H12S/c1-10(2)15-9-11-8-14-7-6-13(11)12(3,4)5;1-10(2)15-9-11-8-13(6-7-14-11)12(3,4)5;1-10(2,3)13-4-5-14-8(6-13)7-15-9(11)12;1-6(2,3)13-4-7(9,10)14-8(11,12)5-13;1-5(2,3)8(4,6)7;1-5(2,3)7(4)6;1-5(2,3)6-4/h2*10-11H,6-9H2,1-5H3;8-9H,4-7H2,1-3H3;4-5H2,1-3H3;1-4H3;1-4H3;1-4H3. The molecule has 0 aromatic carbocycles. The number of rotatable bonds is 9. The minimum absolute atomic E-state index is 0.0278. The van der Waals surface area contributed by atoms with E-state index in [1.54, 1.807) is 47.8 Å². The molecule has 0 amide bonds. The predicted molar refractivity (Wildman–Crippen MR) is 321 cm³/mol. The number of hydrogen-bond donors (Lipinski definition) is 0. The first-order valence-corrected chi connectivity index (χ1v) is 32.6. The fraction of sp³-hybridized carbons (Fsp3) is 1.00. The van der Waals surface area contributed by atoms with Crippen LogP contribution in [0.5, 0.6) is 0 Å². The highest BCUT2D eigenvalue weighted by Gasteiger charge is 2.53. The van der Waals surface area contributed by atoms with Crippen LogP contribution in [0.2, 0.25) is 0 Å². The number of alkyl halides is 6. The molecule has 14 nitrogen and oxygen atoms in total. The van der Waals surface area contributed by atoms with Gasteiger partial charge in [-0.05, 0) is 159 Å². The van der Waals surface area contributed by atoms with E-state index in [9.17, 15) is 39.0 Å². The number of nitrogens with zero attached hydrogens (tertiary/aromatic N) is 4. The van der Waals surface area contributed by atoms with E-state index in [-0.39, 0.29) is 40.2 Å². The molecule has 4 unspecified atom stereocenters. The van der Waals surface area contributed by atoms with Crippen molar-refractivity contribution in [3.63, 3.8) is 0 Å². The maximum Gasteiger partial charge on any atom is 0.372 e. The molecule has 0 bridgehead atoms. The number of hydrogen-bond acceptors (Lipinski definition) is 15. The maximum absolute atomic E-state index is 12.7. The van der Waals surface area contributed by atoms with Crippen molar-refractivity contribution >= 4 is 32.4 Å². The molecule has 0 aromatic rings. The van der Waals surface area contributed by atoms with Gasteiger partial charge in [0.05, 0.1) is 94.5 Å². The first-order chi connectivity index (χ1) is 35.5. The molecular formula is C57H118F6N4O10S3. The molecule has 0 saturated carbocycles. The van der Waals surface area contributed by atoms with Crippen LogP contribution >= 0.6 is 11.8 Å². The lowest BCUT2D eigenvalue weighted by Gasteiger charge is -2.44. The molecule has 4 aliphatic rings. The van der Waals surface area contributed by atoms with Gasteiger partial charge >= 0.3 is 18.8 Å². The fourth-order valence-electron chi connectivity index (χ4n) is 6.58. The number of sulfone groups is 1. The summed E-state index contributed by atoms with van der Waals surface area (Å²) in [5.74, 6) is 0. The summed E-state index contributed by atoms with van der Waals surface area (Å²) in [5, 5.41) is 0. The van der Waals surface area contributed by atoms with Crippen LogP contribution in [0.4, 0.5) is 26.3 Å². The van der Waals surface area contributed by atoms with Gasteiger partial charge in [0.15, 0.2) is 9.84 Å². The second kappa shape index (κ2) is 36.0. The van der Waals surface area contributed by atoms with Crippen molar-refractivity contribution in [3.05, 3.63) is 0 Å². The van der Waals surface area contributed by atoms with E-state index in [2.05, 4.69) is 141 Å². The molecule has 4 aliphatic heterocycles. The summed E-state index contributed by atoms with van der Waals surface area (Å²) in [4.78, 5) is 8.18. The Morgan fingerprint density at radius 1 is 0.600 bits per heavy atom. The topological polar surface area (TPSA) is 129 Å². The van der Waals surface area contributed by atoms with Crippen LogP contribution in [0.3, 0.4) is 0 Å². The van der Waals surface area contributed by atoms with Gasteiger partial charge in [-0.25, -0.2) is 8.42 Å². The van der Waals surface area contributed by atoms with E-state index in [0.29, 0.717) is 42.8 Å². The van der Waals surface area contributed by atoms with E-state index < -0.39 is 62.8 Å². The fourth-order valence-corrected chi connectivity index (χ4v) is 6.58. The average Bonchev–Trinajstić information content (AvgIpc) is 3.25. The highest BCUT2D eigenvalue weighted by Crippen LogP contribution is 2.36. The predicted octanol–water partition coefficient (Wildman–Crippen LogP) is 12.0. The lowest BCUT2D eigenvalue weighted by atomic mass is 10.0. The lowest BCUT2D eigenvalue weighted by Crippen LogP contribution is -2.60. The van der Waals surface area contributed by atoms with E-state index in [1.165, 1.54) is 6.26 Å². The van der Waals surface area contributed by atoms with Crippen LogP contribution in [0.25, 0.3) is 0 Å². The third kappa shape index (κ3) is 42.4. The summed E-state index contributed by atoms with van der Waals surface area (Å²) in [6.07, 6.45) is -1.89. The van der Waals surface area contributed by atoms with Crippen molar-refractivity contribution in [2.75, 3.05) is 111 Å². The first kappa shape index (κ1) is 83.8. The Morgan fingerprint density at radius 2 is 0.938 bits per heavy atom. The zero-order valence-electron chi connectivity index (χ0n) is 55.2. The molecular weight excluding hydrogens is 1110 g/mol. The van der Waals surface area contributed by atoms with E-state index in [1.807, 2.05) is 32.5 Å². The van der Waals surface area contributed by atoms with Crippen molar-refractivity contribution in [3.8, 4) is 0 Å². The second-order valence-electron chi connectivity index (χ2n) is 27.8. The van der Waals surface area contributed by atoms with Gasteiger partial charge in [0.25, 0.3) is 0 Å². The van der Waals surface area contributed by atoms with Gasteiger partial charge < -0.3 is 28.4 Å². The van der Waals surface area contributed by atoms with Gasteiger partial charge in [-0.2, -0.15) is 38.1 Å². The van der Waals surface area contributed by atoms with Crippen molar-refractivity contribution < 1.29 is 72.1 Å². The van der Waals surface area contributed by atoms with Gasteiger partial charge in [0.1, 0.15) is 0 Å². The number of halogens is 6. The van der Waals surface area contributed by atoms with Gasteiger partial charge in [0, 0.05) is 87.7 Å². The molecule has 0 radical (unpaired) electrons. The Balaban J connectivity index is -0.000000887. The van der Waals surface area contributed by atoms with Crippen molar-refractivity contribution in [2.45, 2.75) is 259 Å².